The third-order valence-electron chi connectivity index (χ3n) is 3.16. The molecule has 2 aliphatic heterocycles. The van der Waals surface area contributed by atoms with Gasteiger partial charge in [-0.25, -0.2) is 0 Å². The van der Waals surface area contributed by atoms with E-state index in [4.69, 9.17) is 10.6 Å². The summed E-state index contributed by atoms with van der Waals surface area (Å²) in [5.74, 6) is 0.590. The van der Waals surface area contributed by atoms with Gasteiger partial charge in [0.15, 0.2) is 5.71 Å². The number of aliphatic imine (C=N–C) groups is 1. The van der Waals surface area contributed by atoms with Crippen LogP contribution in [0.25, 0.3) is 0 Å². The highest BCUT2D eigenvalue weighted by atomic mass is 35.5. The molecule has 4 nitrogen and oxygen atoms in total. The van der Waals surface area contributed by atoms with E-state index >= 15 is 0 Å². The summed E-state index contributed by atoms with van der Waals surface area (Å²) >= 11 is 0. The van der Waals surface area contributed by atoms with Gasteiger partial charge in [0.25, 0.3) is 0 Å². The Balaban J connectivity index is 0.00000180. The van der Waals surface area contributed by atoms with E-state index in [9.17, 15) is 13.2 Å². The van der Waals surface area contributed by atoms with Crippen LogP contribution in [0.3, 0.4) is 0 Å². The summed E-state index contributed by atoms with van der Waals surface area (Å²) in [6.07, 6.45) is -1.05. The van der Waals surface area contributed by atoms with Crippen LogP contribution >= 0.6 is 12.4 Å². The molecule has 0 aromatic heterocycles. The summed E-state index contributed by atoms with van der Waals surface area (Å²) in [6, 6.07) is -0.0414. The normalized spacial score (nSPS) is 27.7. The van der Waals surface area contributed by atoms with Gasteiger partial charge in [-0.1, -0.05) is 11.6 Å². The SMILES string of the molecule is Cl.NC1=NC(CC2CC(C(F)(F)F)=NO2)CCCC1. The fourth-order valence-corrected chi connectivity index (χ4v) is 2.25. The van der Waals surface area contributed by atoms with Gasteiger partial charge in [0.05, 0.1) is 11.9 Å². The largest absolute Gasteiger partial charge is 0.432 e. The molecule has 0 aromatic rings. The number of rotatable bonds is 2. The zero-order valence-electron chi connectivity index (χ0n) is 10.3. The Bertz CT molecular complexity index is 371. The van der Waals surface area contributed by atoms with Crippen molar-refractivity contribution in [2.45, 2.75) is 56.8 Å². The van der Waals surface area contributed by atoms with E-state index in [2.05, 4.69) is 10.1 Å². The average molecular weight is 300 g/mol. The summed E-state index contributed by atoms with van der Waals surface area (Å²) in [4.78, 5) is 9.14. The number of halogens is 4. The van der Waals surface area contributed by atoms with Crippen LogP contribution in [-0.2, 0) is 4.84 Å². The summed E-state index contributed by atoms with van der Waals surface area (Å²) in [5, 5.41) is 3.11. The van der Waals surface area contributed by atoms with Gasteiger partial charge < -0.3 is 10.6 Å². The van der Waals surface area contributed by atoms with E-state index in [1.165, 1.54) is 0 Å². The van der Waals surface area contributed by atoms with Crippen LogP contribution in [0.15, 0.2) is 10.1 Å². The van der Waals surface area contributed by atoms with Crippen molar-refractivity contribution < 1.29 is 18.0 Å². The van der Waals surface area contributed by atoms with Crippen LogP contribution < -0.4 is 5.73 Å². The van der Waals surface area contributed by atoms with Gasteiger partial charge >= 0.3 is 6.18 Å². The van der Waals surface area contributed by atoms with Crippen LogP contribution in [0.1, 0.15) is 38.5 Å². The molecule has 2 rings (SSSR count). The third kappa shape index (κ3) is 4.56. The van der Waals surface area contributed by atoms with Gasteiger partial charge in [-0.2, -0.15) is 13.2 Å². The molecule has 0 saturated heterocycles. The van der Waals surface area contributed by atoms with E-state index in [0.717, 1.165) is 25.7 Å². The standard InChI is InChI=1S/C11H16F3N3O.ClH/c12-11(13,14)9-6-8(18-17-9)5-7-3-1-2-4-10(15)16-7;/h7-8H,1-6H2,(H2,15,16);1H. The molecule has 0 bridgehead atoms. The molecule has 2 N–H and O–H groups in total. The monoisotopic (exact) mass is 299 g/mol. The smallest absolute Gasteiger partial charge is 0.392 e. The van der Waals surface area contributed by atoms with Crippen molar-refractivity contribution in [2.24, 2.45) is 15.9 Å². The molecule has 0 aromatic carbocycles. The van der Waals surface area contributed by atoms with Crippen molar-refractivity contribution in [1.82, 2.24) is 0 Å². The lowest BCUT2D eigenvalue weighted by Gasteiger charge is -2.14. The topological polar surface area (TPSA) is 60.0 Å². The summed E-state index contributed by atoms with van der Waals surface area (Å²) in [7, 11) is 0. The van der Waals surface area contributed by atoms with E-state index in [-0.39, 0.29) is 24.9 Å². The van der Waals surface area contributed by atoms with Gasteiger partial charge in [0, 0.05) is 19.3 Å². The predicted octanol–water partition coefficient (Wildman–Crippen LogP) is 2.81. The number of hydrogen-bond donors (Lipinski definition) is 1. The van der Waals surface area contributed by atoms with Crippen molar-refractivity contribution in [1.29, 1.82) is 0 Å². The number of amidine groups is 1. The first kappa shape index (κ1) is 16.1. The third-order valence-corrected chi connectivity index (χ3v) is 3.16. The van der Waals surface area contributed by atoms with Crippen molar-refractivity contribution >= 4 is 24.0 Å². The minimum absolute atomic E-state index is 0. The lowest BCUT2D eigenvalue weighted by atomic mass is 10.0. The second-order valence-electron chi connectivity index (χ2n) is 4.72. The molecule has 0 fully saturated rings. The number of nitrogens with zero attached hydrogens (tertiary/aromatic N) is 2. The first-order valence-corrected chi connectivity index (χ1v) is 6.07. The Morgan fingerprint density at radius 2 is 2.05 bits per heavy atom. The maximum atomic E-state index is 12.4. The highest BCUT2D eigenvalue weighted by Crippen LogP contribution is 2.29. The van der Waals surface area contributed by atoms with Crippen LogP contribution in [0.5, 0.6) is 0 Å². The zero-order valence-corrected chi connectivity index (χ0v) is 11.1. The maximum Gasteiger partial charge on any atom is 0.432 e. The summed E-state index contributed by atoms with van der Waals surface area (Å²) < 4.78 is 37.1. The van der Waals surface area contributed by atoms with Crippen LogP contribution in [0, 0.1) is 0 Å². The van der Waals surface area contributed by atoms with Crippen molar-refractivity contribution in [2.75, 3.05) is 0 Å². The van der Waals surface area contributed by atoms with Gasteiger partial charge in [-0.05, 0) is 12.8 Å². The fourth-order valence-electron chi connectivity index (χ4n) is 2.25. The lowest BCUT2D eigenvalue weighted by molar-refractivity contribution is -0.0604. The van der Waals surface area contributed by atoms with Gasteiger partial charge in [0.1, 0.15) is 6.10 Å². The average Bonchev–Trinajstić information content (AvgIpc) is 2.63. The van der Waals surface area contributed by atoms with Crippen molar-refractivity contribution in [3.63, 3.8) is 0 Å². The molecule has 0 aliphatic carbocycles. The Kier molecular flexibility index (Phi) is 5.46. The Morgan fingerprint density at radius 3 is 2.68 bits per heavy atom. The van der Waals surface area contributed by atoms with Gasteiger partial charge in [-0.3, -0.25) is 4.99 Å². The van der Waals surface area contributed by atoms with Crippen LogP contribution in [0.2, 0.25) is 0 Å². The Labute approximate surface area is 115 Å². The highest BCUT2D eigenvalue weighted by Gasteiger charge is 2.41. The molecule has 110 valence electrons. The zero-order chi connectivity index (χ0) is 13.2. The Hall–Kier alpha value is -0.980. The number of alkyl halides is 3. The molecule has 0 amide bonds. The molecule has 8 heteroatoms. The molecule has 0 radical (unpaired) electrons. The van der Waals surface area contributed by atoms with E-state index in [1.54, 1.807) is 0 Å². The van der Waals surface area contributed by atoms with Crippen molar-refractivity contribution in [3.05, 3.63) is 0 Å². The first-order chi connectivity index (χ1) is 8.45. The van der Waals surface area contributed by atoms with Crippen molar-refractivity contribution in [3.8, 4) is 0 Å². The minimum atomic E-state index is -4.39. The highest BCUT2D eigenvalue weighted by molar-refractivity contribution is 5.90. The van der Waals surface area contributed by atoms with E-state index < -0.39 is 18.0 Å². The second kappa shape index (κ2) is 6.45. The van der Waals surface area contributed by atoms with Crippen LogP contribution in [-0.4, -0.2) is 29.9 Å². The number of nitrogens with two attached hydrogens (primary N) is 1. The molecule has 2 atom stereocenters. The predicted molar refractivity (Wildman–Crippen MR) is 68.7 cm³/mol. The number of hydrogen-bond acceptors (Lipinski definition) is 4. The summed E-state index contributed by atoms with van der Waals surface area (Å²) in [6.45, 7) is 0. The molecule has 0 spiro atoms. The summed E-state index contributed by atoms with van der Waals surface area (Å²) in [5.41, 5.74) is 4.86. The molecule has 2 unspecified atom stereocenters. The molecule has 2 aliphatic rings. The quantitative estimate of drug-likeness (QED) is 0.852. The maximum absolute atomic E-state index is 12.4. The molecule has 19 heavy (non-hydrogen) atoms. The minimum Gasteiger partial charge on any atom is -0.392 e. The van der Waals surface area contributed by atoms with Gasteiger partial charge in [-0.15, -0.1) is 12.4 Å². The number of oxime groups is 1. The first-order valence-electron chi connectivity index (χ1n) is 6.07. The molecule has 2 heterocycles. The molecular weight excluding hydrogens is 283 g/mol. The fraction of sp³-hybridized carbons (Fsp3) is 0.818. The second-order valence-corrected chi connectivity index (χ2v) is 4.72. The molecular formula is C11H17ClF3N3O. The van der Waals surface area contributed by atoms with E-state index in [0.29, 0.717) is 12.3 Å². The molecule has 0 saturated carbocycles. The lowest BCUT2D eigenvalue weighted by Crippen LogP contribution is -2.24. The Morgan fingerprint density at radius 1 is 1.32 bits per heavy atom. The van der Waals surface area contributed by atoms with Gasteiger partial charge in [0.2, 0.25) is 0 Å². The van der Waals surface area contributed by atoms with E-state index in [1.807, 2.05) is 0 Å². The van der Waals surface area contributed by atoms with Crippen LogP contribution in [0.4, 0.5) is 13.2 Å².